The Balaban J connectivity index is 1.97. The fraction of sp³-hybridized carbons (Fsp3) is 0.333. The van der Waals surface area contributed by atoms with Gasteiger partial charge in [0.1, 0.15) is 11.1 Å². The molecule has 2 aromatic rings. The molecule has 1 aliphatic heterocycles. The van der Waals surface area contributed by atoms with Gasteiger partial charge < -0.3 is 14.7 Å². The van der Waals surface area contributed by atoms with Gasteiger partial charge in [-0.25, -0.2) is 4.99 Å². The summed E-state index contributed by atoms with van der Waals surface area (Å²) in [5.74, 6) is 0.458. The second-order valence-electron chi connectivity index (χ2n) is 5.82. The number of nitrogens with zero attached hydrogens (tertiary/aromatic N) is 3. The van der Waals surface area contributed by atoms with E-state index in [1.807, 2.05) is 6.92 Å². The van der Waals surface area contributed by atoms with Crippen LogP contribution >= 0.6 is 27.3 Å². The lowest BCUT2D eigenvalue weighted by Gasteiger charge is -2.21. The predicted molar refractivity (Wildman–Crippen MR) is 103 cm³/mol. The van der Waals surface area contributed by atoms with E-state index in [4.69, 9.17) is 4.74 Å². The number of thiophene rings is 1. The van der Waals surface area contributed by atoms with E-state index < -0.39 is 0 Å². The minimum atomic E-state index is 0.0494. The van der Waals surface area contributed by atoms with Crippen LogP contribution in [0.25, 0.3) is 0 Å². The number of rotatable bonds is 4. The Hall–Kier alpha value is -1.88. The highest BCUT2D eigenvalue weighted by Gasteiger charge is 2.22. The fourth-order valence-corrected chi connectivity index (χ4v) is 4.49. The van der Waals surface area contributed by atoms with Crippen LogP contribution in [0.5, 0.6) is 11.5 Å². The first kappa shape index (κ1) is 17.9. The summed E-state index contributed by atoms with van der Waals surface area (Å²) in [4.78, 5) is 7.93. The molecule has 25 heavy (non-hydrogen) atoms. The number of hydrogen-bond donors (Lipinski definition) is 1. The molecule has 0 saturated heterocycles. The SMILES string of the molecule is CCOc1cc(Br)cc(/C=N/c2sc3c(c2C#N)CCN(C)C3)c1O. The number of nitriles is 1. The van der Waals surface area contributed by atoms with Crippen LogP contribution in [0, 0.1) is 11.3 Å². The van der Waals surface area contributed by atoms with Gasteiger partial charge in [-0.05, 0) is 38.1 Å². The first-order chi connectivity index (χ1) is 12.0. The van der Waals surface area contributed by atoms with E-state index in [1.54, 1.807) is 29.7 Å². The number of benzene rings is 1. The first-order valence-corrected chi connectivity index (χ1v) is 9.57. The van der Waals surface area contributed by atoms with E-state index in [0.717, 1.165) is 29.5 Å². The van der Waals surface area contributed by atoms with Gasteiger partial charge in [0.15, 0.2) is 11.5 Å². The molecular weight excluding hydrogens is 402 g/mol. The highest BCUT2D eigenvalue weighted by Crippen LogP contribution is 2.39. The molecular formula is C18H18BrN3O2S. The third kappa shape index (κ3) is 3.71. The largest absolute Gasteiger partial charge is 0.504 e. The van der Waals surface area contributed by atoms with E-state index in [0.29, 0.717) is 28.5 Å². The minimum absolute atomic E-state index is 0.0494. The summed E-state index contributed by atoms with van der Waals surface area (Å²) in [7, 11) is 2.08. The average molecular weight is 420 g/mol. The van der Waals surface area contributed by atoms with Crippen molar-refractivity contribution in [2.75, 3.05) is 20.2 Å². The van der Waals surface area contributed by atoms with Crippen LogP contribution in [-0.4, -0.2) is 36.4 Å². The second kappa shape index (κ2) is 7.56. The highest BCUT2D eigenvalue weighted by atomic mass is 79.9. The summed E-state index contributed by atoms with van der Waals surface area (Å²) in [5, 5.41) is 20.6. The molecule has 130 valence electrons. The number of phenols is 1. The van der Waals surface area contributed by atoms with Crippen molar-refractivity contribution in [1.82, 2.24) is 4.90 Å². The Morgan fingerprint density at radius 2 is 2.32 bits per heavy atom. The molecule has 0 saturated carbocycles. The number of phenolic OH excluding ortho intramolecular Hbond substituents is 1. The van der Waals surface area contributed by atoms with Crippen molar-refractivity contribution in [1.29, 1.82) is 5.26 Å². The number of aromatic hydroxyl groups is 1. The number of fused-ring (bicyclic) bond motifs is 1. The molecule has 0 radical (unpaired) electrons. The Morgan fingerprint density at radius 1 is 1.52 bits per heavy atom. The molecule has 0 atom stereocenters. The molecule has 0 fully saturated rings. The van der Waals surface area contributed by atoms with Crippen LogP contribution in [0.2, 0.25) is 0 Å². The Labute approximate surface area is 159 Å². The topological polar surface area (TPSA) is 68.8 Å². The van der Waals surface area contributed by atoms with Crippen molar-refractivity contribution in [3.63, 3.8) is 0 Å². The summed E-state index contributed by atoms with van der Waals surface area (Å²) in [5.41, 5.74) is 2.32. The van der Waals surface area contributed by atoms with Gasteiger partial charge in [0.05, 0.1) is 12.2 Å². The lowest BCUT2D eigenvalue weighted by Crippen LogP contribution is -2.25. The predicted octanol–water partition coefficient (Wildman–Crippen LogP) is 4.23. The van der Waals surface area contributed by atoms with Gasteiger partial charge >= 0.3 is 0 Å². The lowest BCUT2D eigenvalue weighted by atomic mass is 10.0. The fourth-order valence-electron chi connectivity index (χ4n) is 2.81. The first-order valence-electron chi connectivity index (χ1n) is 7.96. The highest BCUT2D eigenvalue weighted by molar-refractivity contribution is 9.10. The number of hydrogen-bond acceptors (Lipinski definition) is 6. The molecule has 0 bridgehead atoms. The maximum absolute atomic E-state index is 10.3. The average Bonchev–Trinajstić information content (AvgIpc) is 2.93. The van der Waals surface area contributed by atoms with Crippen molar-refractivity contribution >= 4 is 38.5 Å². The van der Waals surface area contributed by atoms with Crippen molar-refractivity contribution in [3.05, 3.63) is 38.2 Å². The summed E-state index contributed by atoms with van der Waals surface area (Å²) >= 11 is 4.96. The van der Waals surface area contributed by atoms with Crippen LogP contribution in [0.1, 0.15) is 28.5 Å². The Bertz CT molecular complexity index is 870. The standard InChI is InChI=1S/C18H18BrN3O2S/c1-3-24-15-7-12(19)6-11(17(15)23)9-21-18-14(8-20)13-4-5-22(2)10-16(13)25-18/h6-7,9,23H,3-5,10H2,1-2H3/b21-9+. The van der Waals surface area contributed by atoms with Crippen molar-refractivity contribution in [3.8, 4) is 17.6 Å². The zero-order valence-electron chi connectivity index (χ0n) is 14.0. The normalized spacial score (nSPS) is 14.5. The van der Waals surface area contributed by atoms with E-state index in [9.17, 15) is 10.4 Å². The molecule has 2 heterocycles. The quantitative estimate of drug-likeness (QED) is 0.752. The summed E-state index contributed by atoms with van der Waals surface area (Å²) < 4.78 is 6.23. The number of aliphatic imine (C=N–C) groups is 1. The van der Waals surface area contributed by atoms with Crippen LogP contribution < -0.4 is 4.74 Å². The number of ether oxygens (including phenoxy) is 1. The molecule has 0 aliphatic carbocycles. The van der Waals surface area contributed by atoms with Crippen LogP contribution in [0.4, 0.5) is 5.00 Å². The minimum Gasteiger partial charge on any atom is -0.504 e. The van der Waals surface area contributed by atoms with Crippen molar-refractivity contribution in [2.45, 2.75) is 19.9 Å². The summed E-state index contributed by atoms with van der Waals surface area (Å²) in [6.45, 7) is 4.12. The smallest absolute Gasteiger partial charge is 0.166 e. The van der Waals surface area contributed by atoms with Gasteiger partial charge in [-0.1, -0.05) is 15.9 Å². The summed E-state index contributed by atoms with van der Waals surface area (Å²) in [6.07, 6.45) is 2.46. The molecule has 1 aromatic carbocycles. The maximum atomic E-state index is 10.3. The van der Waals surface area contributed by atoms with E-state index in [-0.39, 0.29) is 5.75 Å². The van der Waals surface area contributed by atoms with E-state index in [1.165, 1.54) is 4.88 Å². The van der Waals surface area contributed by atoms with Gasteiger partial charge in [-0.15, -0.1) is 11.3 Å². The van der Waals surface area contributed by atoms with Crippen LogP contribution in [0.3, 0.4) is 0 Å². The lowest BCUT2D eigenvalue weighted by molar-refractivity contribution is 0.317. The molecule has 1 aromatic heterocycles. The third-order valence-corrected chi connectivity index (χ3v) is 5.61. The van der Waals surface area contributed by atoms with Crippen LogP contribution in [-0.2, 0) is 13.0 Å². The van der Waals surface area contributed by atoms with E-state index in [2.05, 4.69) is 38.9 Å². The van der Waals surface area contributed by atoms with Gasteiger partial charge in [0.25, 0.3) is 0 Å². The monoisotopic (exact) mass is 419 g/mol. The molecule has 0 unspecified atom stereocenters. The zero-order chi connectivity index (χ0) is 18.0. The van der Waals surface area contributed by atoms with Crippen molar-refractivity contribution < 1.29 is 9.84 Å². The van der Waals surface area contributed by atoms with Gasteiger partial charge in [-0.2, -0.15) is 5.26 Å². The Kier molecular flexibility index (Phi) is 5.42. The Morgan fingerprint density at radius 3 is 3.04 bits per heavy atom. The van der Waals surface area contributed by atoms with Gasteiger partial charge in [0.2, 0.25) is 0 Å². The van der Waals surface area contributed by atoms with Crippen molar-refractivity contribution in [2.24, 2.45) is 4.99 Å². The zero-order valence-corrected chi connectivity index (χ0v) is 16.4. The van der Waals surface area contributed by atoms with Gasteiger partial charge in [-0.3, -0.25) is 0 Å². The molecule has 0 spiro atoms. The summed E-state index contributed by atoms with van der Waals surface area (Å²) in [6, 6.07) is 5.79. The second-order valence-corrected chi connectivity index (χ2v) is 7.82. The molecule has 1 aliphatic rings. The van der Waals surface area contributed by atoms with Crippen LogP contribution in [0.15, 0.2) is 21.6 Å². The molecule has 0 amide bonds. The molecule has 3 rings (SSSR count). The van der Waals surface area contributed by atoms with Gasteiger partial charge in [0, 0.05) is 34.2 Å². The maximum Gasteiger partial charge on any atom is 0.166 e. The van der Waals surface area contributed by atoms with E-state index >= 15 is 0 Å². The number of halogens is 1. The molecule has 5 nitrogen and oxygen atoms in total. The molecule has 7 heteroatoms. The third-order valence-electron chi connectivity index (χ3n) is 4.03. The number of likely N-dealkylation sites (N-methyl/N-ethyl adjacent to an activating group) is 1. The molecule has 1 N–H and O–H groups in total.